The summed E-state index contributed by atoms with van der Waals surface area (Å²) in [5.41, 5.74) is 6.44. The SMILES string of the molecule is CC(C)C[C@H](NC(=O)[C@H](O)[C@@H](N)c1ccccc1)C(=O)O.Cl. The van der Waals surface area contributed by atoms with E-state index in [9.17, 15) is 14.7 Å². The average molecular weight is 331 g/mol. The van der Waals surface area contributed by atoms with Crippen molar-refractivity contribution in [3.05, 3.63) is 35.9 Å². The summed E-state index contributed by atoms with van der Waals surface area (Å²) >= 11 is 0. The largest absolute Gasteiger partial charge is 0.480 e. The Morgan fingerprint density at radius 1 is 1.23 bits per heavy atom. The monoisotopic (exact) mass is 330 g/mol. The maximum absolute atomic E-state index is 11.9. The zero-order valence-electron chi connectivity index (χ0n) is 12.6. The molecule has 6 nitrogen and oxygen atoms in total. The lowest BCUT2D eigenvalue weighted by Crippen LogP contribution is -2.48. The van der Waals surface area contributed by atoms with Gasteiger partial charge in [0.15, 0.2) is 6.10 Å². The van der Waals surface area contributed by atoms with Crippen molar-refractivity contribution in [2.24, 2.45) is 11.7 Å². The zero-order chi connectivity index (χ0) is 16.0. The van der Waals surface area contributed by atoms with Gasteiger partial charge in [-0.1, -0.05) is 44.2 Å². The number of aliphatic hydroxyl groups is 1. The molecule has 0 saturated heterocycles. The van der Waals surface area contributed by atoms with E-state index in [-0.39, 0.29) is 24.7 Å². The molecule has 0 bridgehead atoms. The Labute approximate surface area is 136 Å². The van der Waals surface area contributed by atoms with Crippen LogP contribution in [0.25, 0.3) is 0 Å². The van der Waals surface area contributed by atoms with Gasteiger partial charge in [-0.2, -0.15) is 0 Å². The normalized spacial score (nSPS) is 14.6. The molecule has 0 fully saturated rings. The first kappa shape index (κ1) is 20.4. The first-order valence-corrected chi connectivity index (χ1v) is 6.84. The number of nitrogens with one attached hydrogen (secondary N) is 1. The number of nitrogens with two attached hydrogens (primary N) is 1. The molecule has 3 atom stereocenters. The molecule has 0 spiro atoms. The van der Waals surface area contributed by atoms with Crippen LogP contribution in [0.5, 0.6) is 0 Å². The van der Waals surface area contributed by atoms with Gasteiger partial charge in [0, 0.05) is 0 Å². The fraction of sp³-hybridized carbons (Fsp3) is 0.467. The van der Waals surface area contributed by atoms with Crippen molar-refractivity contribution in [3.8, 4) is 0 Å². The van der Waals surface area contributed by atoms with Gasteiger partial charge in [0.1, 0.15) is 6.04 Å². The predicted molar refractivity (Wildman–Crippen MR) is 85.6 cm³/mol. The molecule has 0 aliphatic heterocycles. The second kappa shape index (κ2) is 9.40. The van der Waals surface area contributed by atoms with Gasteiger partial charge in [-0.3, -0.25) is 4.79 Å². The van der Waals surface area contributed by atoms with Gasteiger partial charge in [0.2, 0.25) is 0 Å². The number of rotatable bonds is 7. The average Bonchev–Trinajstić information content (AvgIpc) is 2.45. The summed E-state index contributed by atoms with van der Waals surface area (Å²) in [4.78, 5) is 23.1. The minimum atomic E-state index is -1.50. The maximum Gasteiger partial charge on any atom is 0.326 e. The Bertz CT molecular complexity index is 482. The molecule has 124 valence electrons. The highest BCUT2D eigenvalue weighted by molar-refractivity contribution is 5.86. The number of halogens is 1. The van der Waals surface area contributed by atoms with E-state index in [0.29, 0.717) is 5.56 Å². The molecule has 1 rings (SSSR count). The molecule has 0 aromatic heterocycles. The summed E-state index contributed by atoms with van der Waals surface area (Å²) in [5, 5.41) is 21.4. The zero-order valence-corrected chi connectivity index (χ0v) is 13.4. The number of aliphatic carboxylic acids is 1. The summed E-state index contributed by atoms with van der Waals surface area (Å²) in [7, 11) is 0. The molecule has 0 aliphatic rings. The topological polar surface area (TPSA) is 113 Å². The highest BCUT2D eigenvalue weighted by atomic mass is 35.5. The highest BCUT2D eigenvalue weighted by Crippen LogP contribution is 2.14. The number of benzene rings is 1. The molecule has 0 saturated carbocycles. The number of carbonyl (C=O) groups is 2. The standard InChI is InChI=1S/C15H22N2O4.ClH/c1-9(2)8-11(15(20)21)17-14(19)13(18)12(16)10-6-4-3-5-7-10;/h3-7,9,11-13,18H,8,16H2,1-2H3,(H,17,19)(H,20,21);1H/t11-,12-,13+;/m0./s1. The van der Waals surface area contributed by atoms with Gasteiger partial charge in [-0.05, 0) is 17.9 Å². The van der Waals surface area contributed by atoms with Crippen molar-refractivity contribution in [1.82, 2.24) is 5.32 Å². The summed E-state index contributed by atoms with van der Waals surface area (Å²) in [6.45, 7) is 3.71. The molecular formula is C15H23ClN2O4. The van der Waals surface area contributed by atoms with Crippen molar-refractivity contribution >= 4 is 24.3 Å². The lowest BCUT2D eigenvalue weighted by molar-refractivity contribution is -0.144. The Balaban J connectivity index is 0.00000441. The van der Waals surface area contributed by atoms with Gasteiger partial charge in [-0.25, -0.2) is 4.79 Å². The van der Waals surface area contributed by atoms with Crippen LogP contribution in [0.15, 0.2) is 30.3 Å². The molecule has 1 amide bonds. The Morgan fingerprint density at radius 2 is 1.77 bits per heavy atom. The number of amides is 1. The van der Waals surface area contributed by atoms with Crippen LogP contribution in [0.4, 0.5) is 0 Å². The van der Waals surface area contributed by atoms with Crippen LogP contribution < -0.4 is 11.1 Å². The van der Waals surface area contributed by atoms with Gasteiger partial charge in [-0.15, -0.1) is 12.4 Å². The smallest absolute Gasteiger partial charge is 0.326 e. The van der Waals surface area contributed by atoms with Gasteiger partial charge in [0.05, 0.1) is 6.04 Å². The third kappa shape index (κ3) is 6.01. The second-order valence-corrected chi connectivity index (χ2v) is 5.41. The summed E-state index contributed by atoms with van der Waals surface area (Å²) in [6.07, 6.45) is -1.21. The van der Waals surface area contributed by atoms with Crippen LogP contribution >= 0.6 is 12.4 Å². The quantitative estimate of drug-likeness (QED) is 0.597. The Kier molecular flexibility index (Phi) is 8.70. The fourth-order valence-corrected chi connectivity index (χ4v) is 1.97. The summed E-state index contributed by atoms with van der Waals surface area (Å²) < 4.78 is 0. The first-order chi connectivity index (χ1) is 9.82. The molecule has 0 heterocycles. The summed E-state index contributed by atoms with van der Waals surface area (Å²) in [6, 6.07) is 6.76. The predicted octanol–water partition coefficient (Wildman–Crippen LogP) is 1.08. The van der Waals surface area contributed by atoms with Crippen molar-refractivity contribution in [1.29, 1.82) is 0 Å². The van der Waals surface area contributed by atoms with Crippen LogP contribution in [0.1, 0.15) is 31.9 Å². The van der Waals surface area contributed by atoms with E-state index in [4.69, 9.17) is 10.8 Å². The Hall–Kier alpha value is -1.63. The fourth-order valence-electron chi connectivity index (χ4n) is 1.97. The molecule has 7 heteroatoms. The van der Waals surface area contributed by atoms with Gasteiger partial charge >= 0.3 is 5.97 Å². The maximum atomic E-state index is 11.9. The van der Waals surface area contributed by atoms with E-state index in [2.05, 4.69) is 5.32 Å². The van der Waals surface area contributed by atoms with E-state index in [1.807, 2.05) is 13.8 Å². The van der Waals surface area contributed by atoms with Crippen molar-refractivity contribution in [2.45, 2.75) is 38.5 Å². The third-order valence-electron chi connectivity index (χ3n) is 3.11. The molecule has 22 heavy (non-hydrogen) atoms. The molecule has 0 radical (unpaired) electrons. The van der Waals surface area contributed by atoms with Gasteiger partial charge in [0.25, 0.3) is 5.91 Å². The van der Waals surface area contributed by atoms with Crippen LogP contribution in [0, 0.1) is 5.92 Å². The molecule has 1 aromatic rings. The van der Waals surface area contributed by atoms with E-state index >= 15 is 0 Å². The summed E-state index contributed by atoms with van der Waals surface area (Å²) in [5.74, 6) is -1.80. The second-order valence-electron chi connectivity index (χ2n) is 5.41. The van der Waals surface area contributed by atoms with Crippen LogP contribution in [0.2, 0.25) is 0 Å². The number of aliphatic hydroxyl groups excluding tert-OH is 1. The minimum Gasteiger partial charge on any atom is -0.480 e. The lowest BCUT2D eigenvalue weighted by Gasteiger charge is -2.22. The number of carbonyl (C=O) groups excluding carboxylic acids is 1. The highest BCUT2D eigenvalue weighted by Gasteiger charge is 2.28. The molecule has 1 aromatic carbocycles. The molecular weight excluding hydrogens is 308 g/mol. The Morgan fingerprint density at radius 3 is 2.23 bits per heavy atom. The van der Waals surface area contributed by atoms with Crippen molar-refractivity contribution in [2.75, 3.05) is 0 Å². The van der Waals surface area contributed by atoms with Crippen molar-refractivity contribution < 1.29 is 19.8 Å². The van der Waals surface area contributed by atoms with Crippen LogP contribution in [-0.2, 0) is 9.59 Å². The van der Waals surface area contributed by atoms with Crippen LogP contribution in [0.3, 0.4) is 0 Å². The molecule has 0 unspecified atom stereocenters. The van der Waals surface area contributed by atoms with Crippen LogP contribution in [-0.4, -0.2) is 34.2 Å². The van der Waals surface area contributed by atoms with Crippen molar-refractivity contribution in [3.63, 3.8) is 0 Å². The number of carboxylic acid groups (broad SMARTS) is 1. The minimum absolute atomic E-state index is 0. The first-order valence-electron chi connectivity index (χ1n) is 6.84. The van der Waals surface area contributed by atoms with E-state index in [0.717, 1.165) is 0 Å². The van der Waals surface area contributed by atoms with E-state index in [1.54, 1.807) is 30.3 Å². The third-order valence-corrected chi connectivity index (χ3v) is 3.11. The van der Waals surface area contributed by atoms with E-state index in [1.165, 1.54) is 0 Å². The molecule has 5 N–H and O–H groups in total. The lowest BCUT2D eigenvalue weighted by atomic mass is 10.00. The van der Waals surface area contributed by atoms with E-state index < -0.39 is 30.1 Å². The molecule has 0 aliphatic carbocycles. The number of hydrogen-bond acceptors (Lipinski definition) is 4. The number of hydrogen-bond donors (Lipinski definition) is 4. The number of carboxylic acids is 1. The van der Waals surface area contributed by atoms with Gasteiger partial charge < -0.3 is 21.3 Å².